The molecule has 0 aromatic heterocycles. The summed E-state index contributed by atoms with van der Waals surface area (Å²) < 4.78 is 8.76. The van der Waals surface area contributed by atoms with Crippen molar-refractivity contribution in [1.29, 1.82) is 0 Å². The van der Waals surface area contributed by atoms with E-state index in [1.807, 2.05) is 34.6 Å². The van der Waals surface area contributed by atoms with Crippen molar-refractivity contribution in [2.24, 2.45) is 172 Å². The smallest absolute Gasteiger partial charge is 0.309 e. The molecule has 5 aliphatic rings. The number of hydrogen-bond acceptors (Lipinski definition) is 11. The molecule has 16 unspecified atom stereocenters. The van der Waals surface area contributed by atoms with E-state index in [0.29, 0.717) is 59.2 Å². The Balaban J connectivity index is -0.000000102. The van der Waals surface area contributed by atoms with Crippen LogP contribution in [0.15, 0.2) is 0 Å². The Kier molecular flexibility index (Phi) is 97.8. The van der Waals surface area contributed by atoms with Crippen LogP contribution >= 0.6 is 0 Å². The zero-order valence-electron chi connectivity index (χ0n) is 78.4. The van der Waals surface area contributed by atoms with E-state index in [4.69, 9.17) is 10.2 Å². The van der Waals surface area contributed by atoms with E-state index in [1.54, 1.807) is 69.9 Å². The van der Waals surface area contributed by atoms with E-state index in [9.17, 15) is 43.2 Å². The second-order valence-corrected chi connectivity index (χ2v) is 31.3. The summed E-state index contributed by atoms with van der Waals surface area (Å²) >= 11 is 0. The van der Waals surface area contributed by atoms with Crippen molar-refractivity contribution in [3.8, 4) is 0 Å². The van der Waals surface area contributed by atoms with Crippen LogP contribution < -0.4 is 0 Å². The number of hydrogen-bond donors (Lipinski definition) is 2. The van der Waals surface area contributed by atoms with Crippen molar-refractivity contribution < 1.29 is 226 Å². The Hall–Kier alpha value is 0.749. The van der Waals surface area contributed by atoms with Crippen LogP contribution in [-0.2, 0) is 216 Å². The number of nitrogens with zero attached hydrogens (tertiary/aromatic N) is 5. The molecular formula is C89H169N5O13Y5-10. The first kappa shape index (κ1) is 139. The summed E-state index contributed by atoms with van der Waals surface area (Å²) in [6, 6.07) is 0. The van der Waals surface area contributed by atoms with E-state index < -0.39 is 47.5 Å². The summed E-state index contributed by atoms with van der Waals surface area (Å²) in [5, 5.41) is 35.9. The minimum atomic E-state index is -0.983. The van der Waals surface area contributed by atoms with Gasteiger partial charge in [-0.3, -0.25) is 19.2 Å². The molecule has 5 rings (SSSR count). The van der Waals surface area contributed by atoms with Crippen LogP contribution in [0.4, 0.5) is 0 Å². The zero-order chi connectivity index (χ0) is 86.0. The number of esters is 2. The van der Waals surface area contributed by atoms with Gasteiger partial charge in [0.25, 0.3) is 0 Å². The summed E-state index contributed by atoms with van der Waals surface area (Å²) in [4.78, 5) is 99.9. The molecule has 18 nitrogen and oxygen atoms in total. The SMILES string of the molecule is COC(=O)C(C)C(C)C(=O)O.COC(=O)C(C)C(C)C(=O)O.C[N-]C(=O)C(C)C(C)C1CC[C@@H](C)C1C.C[N-]C(=O)[C@@H](C)[C@@H](C)C1CC[C@@H](C)C1C.C[N-]C(=O)[C@@H](C)[C@H](C)C1CC[C@@H](C)C1C.C[N-]C(=O)[C@H](C)[C@@H](C)C1CC[C@@H](C)C1C.C[N-]C(=O)[C@H](C)[C@H](C)C1CC[C@@H](C)C1C.[CH2-]C.[CH2-]C.[CH2-]C.[CH2-]C.[CH2-]C.[Y].[Y].[Y].[Y].[Y]. The fourth-order valence-corrected chi connectivity index (χ4v) is 15.9. The molecule has 0 saturated heterocycles. The summed E-state index contributed by atoms with van der Waals surface area (Å²) in [5.74, 6) is 9.06. The Bertz CT molecular complexity index is 2070. The van der Waals surface area contributed by atoms with E-state index in [0.717, 1.165) is 59.2 Å². The van der Waals surface area contributed by atoms with Crippen molar-refractivity contribution in [3.05, 3.63) is 61.2 Å². The van der Waals surface area contributed by atoms with Gasteiger partial charge in [0.2, 0.25) is 0 Å². The molecule has 5 radical (unpaired) electrons. The van der Waals surface area contributed by atoms with Crippen molar-refractivity contribution in [2.75, 3.05) is 49.5 Å². The van der Waals surface area contributed by atoms with Crippen LogP contribution in [0.3, 0.4) is 0 Å². The van der Waals surface area contributed by atoms with Crippen LogP contribution in [0.1, 0.15) is 265 Å². The molecule has 0 bridgehead atoms. The molecule has 0 aliphatic heterocycles. The first-order chi connectivity index (χ1) is 49.9. The van der Waals surface area contributed by atoms with E-state index in [-0.39, 0.29) is 223 Å². The number of carbonyl (C=O) groups excluding carboxylic acids is 7. The fourth-order valence-electron chi connectivity index (χ4n) is 15.9. The minimum Gasteiger partial charge on any atom is -0.656 e. The average Bonchev–Trinajstić information content (AvgIpc) is 1.71. The standard InChI is InChI=1S/5C13H25NO.2C7H12O4.5C2H5.5Y/c5*1-8-6-7-12(9(8)2)10(3)11(4)13(15)14-5;2*1-4(6(8)9)5(2)7(10)11-3;5*1-2;;;;;/h5*8-12H,6-7H2,1-5H3,(H,14,15);2*4-5H,1-3H3,(H,8,9);5*1H2,2H3;;;;;/q;;;;;;;5*-1;;;;;/p-5/t8-,9?,10?,11?,12?;8-,9?,10+,11+,12?;8-,9?,10+,11-,12?;8-,9?,10-,11+,12?;8-,9?,10-,11-,12?;;;;;;;;;;;;/m11111............/s1. The van der Waals surface area contributed by atoms with Crippen molar-refractivity contribution in [3.63, 3.8) is 0 Å². The number of rotatable bonds is 21. The first-order valence-corrected chi connectivity index (χ1v) is 40.8. The van der Waals surface area contributed by atoms with E-state index >= 15 is 0 Å². The second-order valence-electron chi connectivity index (χ2n) is 31.3. The normalized spacial score (nSPS) is 26.6. The summed E-state index contributed by atoms with van der Waals surface area (Å²) in [7, 11) is 10.5. The largest absolute Gasteiger partial charge is 0.656 e. The Morgan fingerprint density at radius 3 is 0.464 bits per heavy atom. The topological polar surface area (TPSA) is 283 Å². The molecule has 5 saturated carbocycles. The van der Waals surface area contributed by atoms with Gasteiger partial charge in [-0.05, 0) is 150 Å². The van der Waals surface area contributed by atoms with Crippen LogP contribution in [0.25, 0.3) is 26.6 Å². The third kappa shape index (κ3) is 49.7. The molecule has 5 amide bonds. The third-order valence-corrected chi connectivity index (χ3v) is 26.4. The maximum Gasteiger partial charge on any atom is 0.309 e. The minimum absolute atomic E-state index is 0. The van der Waals surface area contributed by atoms with Gasteiger partial charge < -0.3 is 105 Å². The van der Waals surface area contributed by atoms with Gasteiger partial charge in [-0.2, -0.15) is 34.6 Å². The molecule has 0 aromatic carbocycles. The van der Waals surface area contributed by atoms with Gasteiger partial charge in [-0.1, -0.05) is 198 Å². The van der Waals surface area contributed by atoms with E-state index in [2.05, 4.69) is 175 Å². The third-order valence-electron chi connectivity index (χ3n) is 26.4. The van der Waals surface area contributed by atoms with Gasteiger partial charge in [0.05, 0.1) is 67.4 Å². The fraction of sp³-hybridized carbons (Fsp3) is 0.843. The van der Waals surface area contributed by atoms with Gasteiger partial charge in [0.1, 0.15) is 0 Å². The van der Waals surface area contributed by atoms with Crippen molar-refractivity contribution in [1.82, 2.24) is 0 Å². The molecule has 2 N–H and O–H groups in total. The maximum atomic E-state index is 11.5. The molecule has 0 aromatic rings. The predicted molar refractivity (Wildman–Crippen MR) is 449 cm³/mol. The average molecular weight is 1960 g/mol. The molecule has 653 valence electrons. The summed E-state index contributed by atoms with van der Waals surface area (Å²) in [6.07, 6.45) is 13.0. The number of methoxy groups -OCH3 is 2. The molecule has 112 heavy (non-hydrogen) atoms. The van der Waals surface area contributed by atoms with Gasteiger partial charge in [-0.25, -0.2) is 0 Å². The number of ether oxygens (including phenoxy) is 2. The second kappa shape index (κ2) is 79.0. The molecule has 0 spiro atoms. The molecule has 29 atom stereocenters. The van der Waals surface area contributed by atoms with Crippen LogP contribution in [0, 0.1) is 206 Å². The van der Waals surface area contributed by atoms with E-state index in [1.165, 1.54) is 106 Å². The number of aliphatic carboxylic acids is 2. The van der Waals surface area contributed by atoms with Crippen molar-refractivity contribution >= 4 is 53.4 Å². The van der Waals surface area contributed by atoms with Gasteiger partial charge in [-0.15, -0.1) is 35.2 Å². The Labute approximate surface area is 817 Å². The number of amides is 5. The van der Waals surface area contributed by atoms with Gasteiger partial charge in [0.15, 0.2) is 0 Å². The molecular weight excluding hydrogens is 1790 g/mol. The van der Waals surface area contributed by atoms with Gasteiger partial charge in [0, 0.05) is 193 Å². The molecule has 23 heteroatoms. The summed E-state index contributed by atoms with van der Waals surface area (Å²) in [6.45, 7) is 75.5. The Morgan fingerprint density at radius 1 is 0.259 bits per heavy atom. The molecule has 0 heterocycles. The number of carboxylic acid groups (broad SMARTS) is 2. The number of carbonyl (C=O) groups is 9. The maximum absolute atomic E-state index is 11.5. The number of carboxylic acids is 2. The van der Waals surface area contributed by atoms with Crippen LogP contribution in [0.5, 0.6) is 0 Å². The zero-order valence-corrected chi connectivity index (χ0v) is 92.5. The molecule has 5 fully saturated rings. The van der Waals surface area contributed by atoms with Gasteiger partial charge >= 0.3 is 23.9 Å². The Morgan fingerprint density at radius 2 is 0.384 bits per heavy atom. The monoisotopic (exact) mass is 1960 g/mol. The quantitative estimate of drug-likeness (QED) is 0.0799. The molecule has 5 aliphatic carbocycles. The van der Waals surface area contributed by atoms with Crippen LogP contribution in [-0.4, -0.2) is 113 Å². The summed E-state index contributed by atoms with van der Waals surface area (Å²) in [5.41, 5.74) is 0. The first-order valence-electron chi connectivity index (χ1n) is 40.8. The predicted octanol–water partition coefficient (Wildman–Crippen LogP) is 22.6. The van der Waals surface area contributed by atoms with Crippen LogP contribution in [0.2, 0.25) is 0 Å². The van der Waals surface area contributed by atoms with Crippen molar-refractivity contribution in [2.45, 2.75) is 265 Å².